The highest BCUT2D eigenvalue weighted by Crippen LogP contribution is 2.38. The molecule has 0 bridgehead atoms. The van der Waals surface area contributed by atoms with Gasteiger partial charge >= 0.3 is 0 Å². The zero-order valence-corrected chi connectivity index (χ0v) is 13.2. The van der Waals surface area contributed by atoms with Crippen molar-refractivity contribution in [3.63, 3.8) is 0 Å². The Labute approximate surface area is 130 Å². The van der Waals surface area contributed by atoms with Gasteiger partial charge < -0.3 is 24.6 Å². The normalized spacial score (nSPS) is 21.1. The van der Waals surface area contributed by atoms with Crippen molar-refractivity contribution >= 4 is 5.91 Å². The van der Waals surface area contributed by atoms with Crippen molar-refractivity contribution in [2.75, 3.05) is 21.3 Å². The number of carbonyl (C=O) groups excluding carboxylic acids is 1. The van der Waals surface area contributed by atoms with Gasteiger partial charge in [0, 0.05) is 5.56 Å². The van der Waals surface area contributed by atoms with E-state index in [4.69, 9.17) is 14.2 Å². The minimum atomic E-state index is -0.486. The first-order valence-electron chi connectivity index (χ1n) is 7.39. The Bertz CT molecular complexity index is 506. The largest absolute Gasteiger partial charge is 0.493 e. The van der Waals surface area contributed by atoms with Crippen LogP contribution in [-0.2, 0) is 0 Å². The van der Waals surface area contributed by atoms with Crippen LogP contribution in [0, 0.1) is 0 Å². The van der Waals surface area contributed by atoms with Crippen LogP contribution in [0.3, 0.4) is 0 Å². The van der Waals surface area contributed by atoms with E-state index in [9.17, 15) is 9.90 Å². The molecule has 1 aliphatic rings. The number of aliphatic hydroxyl groups is 1. The molecule has 1 amide bonds. The molecule has 6 heteroatoms. The first-order valence-corrected chi connectivity index (χ1v) is 7.39. The summed E-state index contributed by atoms with van der Waals surface area (Å²) < 4.78 is 15.7. The van der Waals surface area contributed by atoms with E-state index in [0.29, 0.717) is 22.8 Å². The standard InChI is InChI=1S/C16H23NO5/c1-20-13-8-10(9-14(21-2)15(13)22-3)16(19)17-11-6-4-5-7-12(11)18/h8-9,11-12,18H,4-7H2,1-3H3,(H,17,19)/t11-,12+/m0/s1. The molecule has 1 aromatic carbocycles. The minimum Gasteiger partial charge on any atom is -0.493 e. The fraction of sp³-hybridized carbons (Fsp3) is 0.562. The summed E-state index contributed by atoms with van der Waals surface area (Å²) in [7, 11) is 4.52. The van der Waals surface area contributed by atoms with Gasteiger partial charge in [-0.1, -0.05) is 12.8 Å². The number of nitrogens with one attached hydrogen (secondary N) is 1. The summed E-state index contributed by atoms with van der Waals surface area (Å²) in [5.74, 6) is 1.04. The third-order valence-electron chi connectivity index (χ3n) is 3.97. The van der Waals surface area contributed by atoms with Crippen molar-refractivity contribution in [2.45, 2.75) is 37.8 Å². The van der Waals surface area contributed by atoms with Crippen molar-refractivity contribution in [3.05, 3.63) is 17.7 Å². The Balaban J connectivity index is 2.21. The molecule has 122 valence electrons. The molecule has 2 N–H and O–H groups in total. The third-order valence-corrected chi connectivity index (χ3v) is 3.97. The van der Waals surface area contributed by atoms with Crippen LogP contribution >= 0.6 is 0 Å². The van der Waals surface area contributed by atoms with E-state index in [0.717, 1.165) is 25.7 Å². The van der Waals surface area contributed by atoms with Crippen LogP contribution in [-0.4, -0.2) is 44.5 Å². The Morgan fingerprint density at radius 3 is 2.18 bits per heavy atom. The molecule has 0 radical (unpaired) electrons. The molecule has 0 unspecified atom stereocenters. The van der Waals surface area contributed by atoms with Crippen LogP contribution in [0.5, 0.6) is 17.2 Å². The number of amides is 1. The summed E-state index contributed by atoms with van der Waals surface area (Å²) in [4.78, 5) is 12.4. The van der Waals surface area contributed by atoms with Crippen LogP contribution in [0.1, 0.15) is 36.0 Å². The number of hydrogen-bond acceptors (Lipinski definition) is 5. The predicted octanol–water partition coefficient (Wildman–Crippen LogP) is 1.75. The molecule has 1 saturated carbocycles. The monoisotopic (exact) mass is 309 g/mol. The highest BCUT2D eigenvalue weighted by molar-refractivity contribution is 5.95. The summed E-state index contributed by atoms with van der Waals surface area (Å²) in [6.07, 6.45) is 3.03. The van der Waals surface area contributed by atoms with Crippen molar-refractivity contribution in [1.29, 1.82) is 0 Å². The van der Waals surface area contributed by atoms with E-state index in [1.165, 1.54) is 21.3 Å². The van der Waals surface area contributed by atoms with Crippen molar-refractivity contribution in [3.8, 4) is 17.2 Å². The van der Waals surface area contributed by atoms with E-state index < -0.39 is 6.10 Å². The van der Waals surface area contributed by atoms with Gasteiger partial charge in [0.15, 0.2) is 11.5 Å². The summed E-state index contributed by atoms with van der Waals surface area (Å²) in [6, 6.07) is 3.00. The van der Waals surface area contributed by atoms with E-state index >= 15 is 0 Å². The molecule has 6 nitrogen and oxygen atoms in total. The highest BCUT2D eigenvalue weighted by atomic mass is 16.5. The molecular formula is C16H23NO5. The summed E-state index contributed by atoms with van der Waals surface area (Å²) in [6.45, 7) is 0. The van der Waals surface area contributed by atoms with Gasteiger partial charge in [-0.2, -0.15) is 0 Å². The first-order chi connectivity index (χ1) is 10.6. The minimum absolute atomic E-state index is 0.208. The second-order valence-electron chi connectivity index (χ2n) is 5.35. The maximum absolute atomic E-state index is 12.4. The van der Waals surface area contributed by atoms with Gasteiger partial charge in [0.1, 0.15) is 0 Å². The molecule has 1 fully saturated rings. The molecule has 2 atom stereocenters. The van der Waals surface area contributed by atoms with Gasteiger partial charge in [-0.15, -0.1) is 0 Å². The SMILES string of the molecule is COc1cc(C(=O)N[C@H]2CCCC[C@H]2O)cc(OC)c1OC. The van der Waals surface area contributed by atoms with Crippen LogP contribution < -0.4 is 19.5 Å². The van der Waals surface area contributed by atoms with Gasteiger partial charge in [-0.25, -0.2) is 0 Å². The number of methoxy groups -OCH3 is 3. The molecule has 0 aliphatic heterocycles. The number of aliphatic hydroxyl groups excluding tert-OH is 1. The van der Waals surface area contributed by atoms with Gasteiger partial charge in [-0.3, -0.25) is 4.79 Å². The Morgan fingerprint density at radius 1 is 1.09 bits per heavy atom. The quantitative estimate of drug-likeness (QED) is 0.866. The molecule has 0 heterocycles. The number of rotatable bonds is 5. The summed E-state index contributed by atoms with van der Waals surface area (Å²) >= 11 is 0. The lowest BCUT2D eigenvalue weighted by Gasteiger charge is -2.28. The third kappa shape index (κ3) is 3.44. The average Bonchev–Trinajstić information content (AvgIpc) is 2.55. The van der Waals surface area contributed by atoms with Crippen molar-refractivity contribution in [2.24, 2.45) is 0 Å². The summed E-state index contributed by atoms with van der Waals surface area (Å²) in [5, 5.41) is 12.8. The lowest BCUT2D eigenvalue weighted by Crippen LogP contribution is -2.45. The molecule has 0 saturated heterocycles. The van der Waals surface area contributed by atoms with Crippen LogP contribution in [0.25, 0.3) is 0 Å². The number of ether oxygens (including phenoxy) is 3. The van der Waals surface area contributed by atoms with Gasteiger partial charge in [0.2, 0.25) is 5.75 Å². The van der Waals surface area contributed by atoms with Gasteiger partial charge in [-0.05, 0) is 25.0 Å². The lowest BCUT2D eigenvalue weighted by atomic mass is 9.92. The Hall–Kier alpha value is -1.95. The summed E-state index contributed by atoms with van der Waals surface area (Å²) in [5.41, 5.74) is 0.410. The fourth-order valence-corrected chi connectivity index (χ4v) is 2.74. The molecular weight excluding hydrogens is 286 g/mol. The molecule has 2 rings (SSSR count). The fourth-order valence-electron chi connectivity index (χ4n) is 2.74. The van der Waals surface area contributed by atoms with Gasteiger partial charge in [0.05, 0.1) is 33.5 Å². The Morgan fingerprint density at radius 2 is 1.68 bits per heavy atom. The smallest absolute Gasteiger partial charge is 0.251 e. The number of benzene rings is 1. The molecule has 0 spiro atoms. The van der Waals surface area contributed by atoms with Crippen LogP contribution in [0.4, 0.5) is 0 Å². The second-order valence-corrected chi connectivity index (χ2v) is 5.35. The van der Waals surface area contributed by atoms with E-state index in [2.05, 4.69) is 5.32 Å². The number of carbonyl (C=O) groups is 1. The highest BCUT2D eigenvalue weighted by Gasteiger charge is 2.26. The average molecular weight is 309 g/mol. The van der Waals surface area contributed by atoms with E-state index in [-0.39, 0.29) is 11.9 Å². The molecule has 22 heavy (non-hydrogen) atoms. The predicted molar refractivity (Wildman–Crippen MR) is 81.8 cm³/mol. The first kappa shape index (κ1) is 16.4. The topological polar surface area (TPSA) is 77.0 Å². The molecule has 0 aromatic heterocycles. The Kier molecular flexibility index (Phi) is 5.49. The maximum Gasteiger partial charge on any atom is 0.251 e. The van der Waals surface area contributed by atoms with Crippen molar-refractivity contribution in [1.82, 2.24) is 5.32 Å². The van der Waals surface area contributed by atoms with Crippen LogP contribution in [0.2, 0.25) is 0 Å². The van der Waals surface area contributed by atoms with E-state index in [1.807, 2.05) is 0 Å². The van der Waals surface area contributed by atoms with Crippen LogP contribution in [0.15, 0.2) is 12.1 Å². The van der Waals surface area contributed by atoms with Gasteiger partial charge in [0.25, 0.3) is 5.91 Å². The zero-order valence-electron chi connectivity index (χ0n) is 13.2. The molecule has 1 aromatic rings. The number of hydrogen-bond donors (Lipinski definition) is 2. The lowest BCUT2D eigenvalue weighted by molar-refractivity contribution is 0.0717. The zero-order chi connectivity index (χ0) is 16.1. The van der Waals surface area contributed by atoms with E-state index in [1.54, 1.807) is 12.1 Å². The maximum atomic E-state index is 12.4. The van der Waals surface area contributed by atoms with Crippen molar-refractivity contribution < 1.29 is 24.1 Å². The second kappa shape index (κ2) is 7.35. The molecule has 1 aliphatic carbocycles.